The molecule has 0 radical (unpaired) electrons. The summed E-state index contributed by atoms with van der Waals surface area (Å²) in [6, 6.07) is 5.72. The van der Waals surface area contributed by atoms with Gasteiger partial charge in [0, 0.05) is 24.0 Å². The van der Waals surface area contributed by atoms with Crippen molar-refractivity contribution in [3.8, 4) is 0 Å². The molecule has 0 aliphatic rings. The lowest BCUT2D eigenvalue weighted by Gasteiger charge is -2.16. The Morgan fingerprint density at radius 2 is 2.11 bits per heavy atom. The number of pyridine rings is 1. The van der Waals surface area contributed by atoms with Gasteiger partial charge in [-0.25, -0.2) is 4.98 Å². The number of aliphatic hydroxyl groups is 1. The van der Waals surface area contributed by atoms with E-state index < -0.39 is 5.60 Å². The first kappa shape index (κ1) is 13.7. The van der Waals surface area contributed by atoms with E-state index in [9.17, 15) is 5.11 Å². The van der Waals surface area contributed by atoms with Gasteiger partial charge < -0.3 is 10.1 Å². The summed E-state index contributed by atoms with van der Waals surface area (Å²) in [4.78, 5) is 12.2. The van der Waals surface area contributed by atoms with Gasteiger partial charge in [-0.1, -0.05) is 19.4 Å². The maximum absolute atomic E-state index is 9.97. The Kier molecular flexibility index (Phi) is 4.00. The second-order valence-corrected chi connectivity index (χ2v) is 5.36. The van der Waals surface area contributed by atoms with Gasteiger partial charge in [0.25, 0.3) is 0 Å². The predicted octanol–water partition coefficient (Wildman–Crippen LogP) is 2.58. The van der Waals surface area contributed by atoms with E-state index in [1.54, 1.807) is 13.8 Å². The fourth-order valence-corrected chi connectivity index (χ4v) is 1.98. The standard InChI is InChI=1S/C15H21N3O/c1-4-6-12-10-16-14(18-12)9-11-7-5-8-13(17-11)15(2,3)19/h5,7-8,10,19H,4,6,9H2,1-3H3,(H,16,18). The van der Waals surface area contributed by atoms with E-state index in [1.165, 1.54) is 0 Å². The second-order valence-electron chi connectivity index (χ2n) is 5.36. The molecule has 2 aromatic heterocycles. The Balaban J connectivity index is 2.14. The topological polar surface area (TPSA) is 61.8 Å². The first-order valence-corrected chi connectivity index (χ1v) is 6.70. The van der Waals surface area contributed by atoms with Crippen LogP contribution in [0.15, 0.2) is 24.4 Å². The molecule has 0 aliphatic carbocycles. The molecule has 102 valence electrons. The van der Waals surface area contributed by atoms with E-state index in [-0.39, 0.29) is 0 Å². The molecule has 0 saturated heterocycles. The molecule has 0 aromatic carbocycles. The lowest BCUT2D eigenvalue weighted by Crippen LogP contribution is -2.18. The lowest BCUT2D eigenvalue weighted by molar-refractivity contribution is 0.0736. The minimum Gasteiger partial charge on any atom is -0.384 e. The van der Waals surface area contributed by atoms with Crippen molar-refractivity contribution in [3.63, 3.8) is 0 Å². The maximum Gasteiger partial charge on any atom is 0.112 e. The van der Waals surface area contributed by atoms with Gasteiger partial charge in [0.2, 0.25) is 0 Å². The van der Waals surface area contributed by atoms with Crippen LogP contribution < -0.4 is 0 Å². The fourth-order valence-electron chi connectivity index (χ4n) is 1.98. The molecular weight excluding hydrogens is 238 g/mol. The van der Waals surface area contributed by atoms with Gasteiger partial charge in [-0.15, -0.1) is 0 Å². The third-order valence-corrected chi connectivity index (χ3v) is 2.98. The number of imidazole rings is 1. The Labute approximate surface area is 113 Å². The van der Waals surface area contributed by atoms with Crippen molar-refractivity contribution in [2.24, 2.45) is 0 Å². The van der Waals surface area contributed by atoms with E-state index in [4.69, 9.17) is 0 Å². The molecule has 4 heteroatoms. The van der Waals surface area contributed by atoms with Crippen LogP contribution in [0.25, 0.3) is 0 Å². The van der Waals surface area contributed by atoms with Gasteiger partial charge in [0.1, 0.15) is 11.4 Å². The van der Waals surface area contributed by atoms with Crippen molar-refractivity contribution in [3.05, 3.63) is 47.3 Å². The highest BCUT2D eigenvalue weighted by Gasteiger charge is 2.17. The average Bonchev–Trinajstić information content (AvgIpc) is 2.76. The number of rotatable bonds is 5. The van der Waals surface area contributed by atoms with E-state index >= 15 is 0 Å². The number of H-pyrrole nitrogens is 1. The number of hydrogen-bond donors (Lipinski definition) is 2. The van der Waals surface area contributed by atoms with Crippen molar-refractivity contribution >= 4 is 0 Å². The minimum absolute atomic E-state index is 0.660. The predicted molar refractivity (Wildman–Crippen MR) is 74.9 cm³/mol. The van der Waals surface area contributed by atoms with Crippen LogP contribution in [0.1, 0.15) is 50.1 Å². The van der Waals surface area contributed by atoms with Crippen LogP contribution in [0.2, 0.25) is 0 Å². The summed E-state index contributed by atoms with van der Waals surface area (Å²) in [6.45, 7) is 5.63. The maximum atomic E-state index is 9.97. The van der Waals surface area contributed by atoms with Crippen LogP contribution in [-0.4, -0.2) is 20.1 Å². The molecule has 0 atom stereocenters. The number of nitrogens with zero attached hydrogens (tertiary/aromatic N) is 2. The molecule has 0 aliphatic heterocycles. The van der Waals surface area contributed by atoms with Crippen molar-refractivity contribution in [2.75, 3.05) is 0 Å². The van der Waals surface area contributed by atoms with E-state index in [1.807, 2.05) is 24.4 Å². The molecule has 2 rings (SSSR count). The third kappa shape index (κ3) is 3.64. The van der Waals surface area contributed by atoms with Gasteiger partial charge in [-0.3, -0.25) is 4.98 Å². The highest BCUT2D eigenvalue weighted by molar-refractivity contribution is 5.18. The normalized spacial score (nSPS) is 11.8. The number of aromatic amines is 1. The average molecular weight is 259 g/mol. The minimum atomic E-state index is -0.910. The molecule has 0 saturated carbocycles. The van der Waals surface area contributed by atoms with Crippen molar-refractivity contribution in [2.45, 2.75) is 45.6 Å². The summed E-state index contributed by atoms with van der Waals surface area (Å²) in [6.07, 6.45) is 4.67. The van der Waals surface area contributed by atoms with Gasteiger partial charge in [0.05, 0.1) is 5.69 Å². The Morgan fingerprint density at radius 3 is 2.79 bits per heavy atom. The molecule has 0 bridgehead atoms. The van der Waals surface area contributed by atoms with Crippen LogP contribution in [0, 0.1) is 0 Å². The molecule has 0 unspecified atom stereocenters. The molecule has 2 heterocycles. The highest BCUT2D eigenvalue weighted by atomic mass is 16.3. The SMILES string of the molecule is CCCc1cnc(Cc2cccc(C(C)(C)O)n2)[nH]1. The van der Waals surface area contributed by atoms with Crippen LogP contribution >= 0.6 is 0 Å². The van der Waals surface area contributed by atoms with Crippen LogP contribution in [0.5, 0.6) is 0 Å². The molecule has 0 fully saturated rings. The molecule has 0 amide bonds. The van der Waals surface area contributed by atoms with Crippen molar-refractivity contribution in [1.29, 1.82) is 0 Å². The van der Waals surface area contributed by atoms with Crippen LogP contribution in [-0.2, 0) is 18.4 Å². The lowest BCUT2D eigenvalue weighted by atomic mass is 10.0. The molecule has 19 heavy (non-hydrogen) atoms. The molecular formula is C15H21N3O. The smallest absolute Gasteiger partial charge is 0.112 e. The Hall–Kier alpha value is -1.68. The van der Waals surface area contributed by atoms with Crippen LogP contribution in [0.4, 0.5) is 0 Å². The van der Waals surface area contributed by atoms with Gasteiger partial charge >= 0.3 is 0 Å². The number of nitrogens with one attached hydrogen (secondary N) is 1. The van der Waals surface area contributed by atoms with Crippen LogP contribution in [0.3, 0.4) is 0 Å². The van der Waals surface area contributed by atoms with Gasteiger partial charge in [-0.05, 0) is 32.4 Å². The first-order valence-electron chi connectivity index (χ1n) is 6.70. The largest absolute Gasteiger partial charge is 0.384 e. The molecule has 4 nitrogen and oxygen atoms in total. The second kappa shape index (κ2) is 5.53. The molecule has 0 spiro atoms. The first-order chi connectivity index (χ1) is 8.99. The van der Waals surface area contributed by atoms with E-state index in [2.05, 4.69) is 21.9 Å². The number of aromatic nitrogens is 3. The summed E-state index contributed by atoms with van der Waals surface area (Å²) in [7, 11) is 0. The summed E-state index contributed by atoms with van der Waals surface area (Å²) in [5.74, 6) is 0.920. The number of aryl methyl sites for hydroxylation is 1. The monoisotopic (exact) mass is 259 g/mol. The molecule has 2 N–H and O–H groups in total. The van der Waals surface area contributed by atoms with E-state index in [0.717, 1.165) is 30.1 Å². The Bertz CT molecular complexity index is 540. The zero-order chi connectivity index (χ0) is 13.9. The third-order valence-electron chi connectivity index (χ3n) is 2.98. The quantitative estimate of drug-likeness (QED) is 0.867. The molecule has 2 aromatic rings. The highest BCUT2D eigenvalue weighted by Crippen LogP contribution is 2.17. The van der Waals surface area contributed by atoms with E-state index in [0.29, 0.717) is 12.1 Å². The summed E-state index contributed by atoms with van der Waals surface area (Å²) >= 11 is 0. The summed E-state index contributed by atoms with van der Waals surface area (Å²) in [5.41, 5.74) is 1.85. The zero-order valence-corrected chi connectivity index (χ0v) is 11.8. The summed E-state index contributed by atoms with van der Waals surface area (Å²) < 4.78 is 0. The Morgan fingerprint density at radius 1 is 1.32 bits per heavy atom. The number of hydrogen-bond acceptors (Lipinski definition) is 3. The van der Waals surface area contributed by atoms with Crippen molar-refractivity contribution < 1.29 is 5.11 Å². The van der Waals surface area contributed by atoms with Gasteiger partial charge in [0.15, 0.2) is 0 Å². The zero-order valence-electron chi connectivity index (χ0n) is 11.8. The summed E-state index contributed by atoms with van der Waals surface area (Å²) in [5, 5.41) is 9.97. The van der Waals surface area contributed by atoms with Crippen molar-refractivity contribution in [1.82, 2.24) is 15.0 Å². The van der Waals surface area contributed by atoms with Gasteiger partial charge in [-0.2, -0.15) is 0 Å². The fraction of sp³-hybridized carbons (Fsp3) is 0.467.